The summed E-state index contributed by atoms with van der Waals surface area (Å²) in [5.74, 6) is -1.21. The van der Waals surface area contributed by atoms with Crippen molar-refractivity contribution in [3.8, 4) is 0 Å². The lowest BCUT2D eigenvalue weighted by Crippen LogP contribution is -2.13. The molecular formula is C9H12O4. The Labute approximate surface area is 76.2 Å². The third kappa shape index (κ3) is 2.08. The maximum atomic E-state index is 10.8. The number of hydrogen-bond acceptors (Lipinski definition) is 3. The number of carboxylic acid groups (broad SMARTS) is 1. The molecule has 0 bridgehead atoms. The van der Waals surface area contributed by atoms with Crippen LogP contribution in [-0.4, -0.2) is 23.1 Å². The Bertz CT molecular complexity index is 277. The molecule has 1 aliphatic heterocycles. The highest BCUT2D eigenvalue weighted by molar-refractivity contribution is 5.87. The van der Waals surface area contributed by atoms with Crippen molar-refractivity contribution in [2.75, 3.05) is 0 Å². The highest BCUT2D eigenvalue weighted by Crippen LogP contribution is 2.22. The minimum Gasteiger partial charge on any atom is -0.478 e. The van der Waals surface area contributed by atoms with Crippen LogP contribution in [0.15, 0.2) is 11.1 Å². The summed E-state index contributed by atoms with van der Waals surface area (Å²) in [5, 5.41) is 8.68. The molecule has 72 valence electrons. The average Bonchev–Trinajstić information content (AvgIpc) is 2.49. The highest BCUT2D eigenvalue weighted by Gasteiger charge is 2.26. The van der Waals surface area contributed by atoms with Gasteiger partial charge in [-0.15, -0.1) is 0 Å². The van der Waals surface area contributed by atoms with Crippen molar-refractivity contribution in [2.45, 2.75) is 32.8 Å². The molecular weight excluding hydrogens is 172 g/mol. The van der Waals surface area contributed by atoms with Gasteiger partial charge in [0, 0.05) is 12.0 Å². The first-order chi connectivity index (χ1) is 6.02. The minimum atomic E-state index is -0.958. The predicted molar refractivity (Wildman–Crippen MR) is 45.1 cm³/mol. The molecule has 1 fully saturated rings. The van der Waals surface area contributed by atoms with Gasteiger partial charge in [-0.05, 0) is 25.8 Å². The Kier molecular flexibility index (Phi) is 2.70. The van der Waals surface area contributed by atoms with E-state index in [1.807, 2.05) is 0 Å². The second-order valence-corrected chi connectivity index (χ2v) is 3.13. The van der Waals surface area contributed by atoms with Crippen LogP contribution in [-0.2, 0) is 14.3 Å². The van der Waals surface area contributed by atoms with Crippen molar-refractivity contribution in [1.82, 2.24) is 0 Å². The lowest BCUT2D eigenvalue weighted by Gasteiger charge is -2.11. The third-order valence-electron chi connectivity index (χ3n) is 2.28. The van der Waals surface area contributed by atoms with Crippen LogP contribution in [0.3, 0.4) is 0 Å². The summed E-state index contributed by atoms with van der Waals surface area (Å²) >= 11 is 0. The van der Waals surface area contributed by atoms with E-state index in [2.05, 4.69) is 0 Å². The molecule has 1 rings (SSSR count). The Balaban J connectivity index is 2.77. The van der Waals surface area contributed by atoms with Gasteiger partial charge in [-0.2, -0.15) is 0 Å². The standard InChI is InChI=1S/C9H12O4/c1-5(6(2)9(11)12)7-3-4-8(10)13-7/h7H,3-4H2,1-2H3,(H,11,12). The fourth-order valence-electron chi connectivity index (χ4n) is 1.24. The van der Waals surface area contributed by atoms with Crippen LogP contribution in [0.25, 0.3) is 0 Å². The van der Waals surface area contributed by atoms with Gasteiger partial charge in [0.25, 0.3) is 0 Å². The zero-order valence-electron chi connectivity index (χ0n) is 7.66. The Morgan fingerprint density at radius 2 is 2.15 bits per heavy atom. The largest absolute Gasteiger partial charge is 0.478 e. The molecule has 1 heterocycles. The molecule has 0 amide bonds. The summed E-state index contributed by atoms with van der Waals surface area (Å²) in [4.78, 5) is 21.3. The van der Waals surface area contributed by atoms with Crippen molar-refractivity contribution in [2.24, 2.45) is 0 Å². The van der Waals surface area contributed by atoms with Gasteiger partial charge >= 0.3 is 11.9 Å². The van der Waals surface area contributed by atoms with Gasteiger partial charge in [-0.1, -0.05) is 0 Å². The van der Waals surface area contributed by atoms with Crippen molar-refractivity contribution in [1.29, 1.82) is 0 Å². The average molecular weight is 184 g/mol. The van der Waals surface area contributed by atoms with Gasteiger partial charge in [-0.25, -0.2) is 4.79 Å². The minimum absolute atomic E-state index is 0.248. The van der Waals surface area contributed by atoms with E-state index in [1.54, 1.807) is 6.92 Å². The predicted octanol–water partition coefficient (Wildman–Crippen LogP) is 1.11. The van der Waals surface area contributed by atoms with E-state index in [0.29, 0.717) is 18.4 Å². The van der Waals surface area contributed by atoms with Crippen molar-refractivity contribution in [3.63, 3.8) is 0 Å². The Morgan fingerprint density at radius 1 is 1.54 bits per heavy atom. The van der Waals surface area contributed by atoms with E-state index < -0.39 is 5.97 Å². The lowest BCUT2D eigenvalue weighted by atomic mass is 10.0. The number of ether oxygens (including phenoxy) is 1. The van der Waals surface area contributed by atoms with E-state index in [1.165, 1.54) is 6.92 Å². The number of esters is 1. The molecule has 13 heavy (non-hydrogen) atoms. The molecule has 1 N–H and O–H groups in total. The summed E-state index contributed by atoms with van der Waals surface area (Å²) in [6.07, 6.45) is 0.646. The third-order valence-corrected chi connectivity index (χ3v) is 2.28. The number of carbonyl (C=O) groups excluding carboxylic acids is 1. The molecule has 1 saturated heterocycles. The zero-order chi connectivity index (χ0) is 10.0. The van der Waals surface area contributed by atoms with Crippen LogP contribution in [0.4, 0.5) is 0 Å². The molecule has 0 aliphatic carbocycles. The highest BCUT2D eigenvalue weighted by atomic mass is 16.5. The lowest BCUT2D eigenvalue weighted by molar-refractivity contribution is -0.140. The van der Waals surface area contributed by atoms with Crippen LogP contribution in [0.5, 0.6) is 0 Å². The molecule has 4 heteroatoms. The zero-order valence-corrected chi connectivity index (χ0v) is 7.66. The van der Waals surface area contributed by atoms with Crippen LogP contribution in [0.2, 0.25) is 0 Å². The maximum Gasteiger partial charge on any atom is 0.331 e. The monoisotopic (exact) mass is 184 g/mol. The fourth-order valence-corrected chi connectivity index (χ4v) is 1.24. The van der Waals surface area contributed by atoms with Crippen molar-refractivity contribution < 1.29 is 19.4 Å². The summed E-state index contributed by atoms with van der Waals surface area (Å²) in [7, 11) is 0. The summed E-state index contributed by atoms with van der Waals surface area (Å²) in [6, 6.07) is 0. The van der Waals surface area contributed by atoms with E-state index in [4.69, 9.17) is 9.84 Å². The first kappa shape index (κ1) is 9.77. The number of carbonyl (C=O) groups is 2. The summed E-state index contributed by atoms with van der Waals surface area (Å²) < 4.78 is 4.93. The van der Waals surface area contributed by atoms with Gasteiger partial charge in [0.1, 0.15) is 6.10 Å². The number of cyclic esters (lactones) is 1. The maximum absolute atomic E-state index is 10.8. The van der Waals surface area contributed by atoms with Crippen molar-refractivity contribution in [3.05, 3.63) is 11.1 Å². The fraction of sp³-hybridized carbons (Fsp3) is 0.556. The molecule has 1 unspecified atom stereocenters. The summed E-state index contributed by atoms with van der Waals surface area (Å²) in [5.41, 5.74) is 0.901. The normalized spacial score (nSPS) is 23.8. The first-order valence-corrected chi connectivity index (χ1v) is 4.12. The SMILES string of the molecule is CC(C(=O)O)=C(C)C1CCC(=O)O1. The summed E-state index contributed by atoms with van der Waals surface area (Å²) in [6.45, 7) is 3.20. The second-order valence-electron chi connectivity index (χ2n) is 3.13. The van der Waals surface area contributed by atoms with E-state index in [0.717, 1.165) is 0 Å². The molecule has 0 saturated carbocycles. The van der Waals surface area contributed by atoms with Gasteiger partial charge in [0.15, 0.2) is 0 Å². The second kappa shape index (κ2) is 3.60. The smallest absolute Gasteiger partial charge is 0.331 e. The topological polar surface area (TPSA) is 63.6 Å². The number of aliphatic carboxylic acids is 1. The van der Waals surface area contributed by atoms with Gasteiger partial charge in [0.2, 0.25) is 0 Å². The molecule has 0 aromatic heterocycles. The van der Waals surface area contributed by atoms with E-state index >= 15 is 0 Å². The van der Waals surface area contributed by atoms with Gasteiger partial charge in [0.05, 0.1) is 0 Å². The molecule has 1 aliphatic rings. The molecule has 4 nitrogen and oxygen atoms in total. The quantitative estimate of drug-likeness (QED) is 0.515. The Hall–Kier alpha value is -1.32. The molecule has 0 spiro atoms. The number of carboxylic acids is 1. The first-order valence-electron chi connectivity index (χ1n) is 4.12. The van der Waals surface area contributed by atoms with E-state index in [-0.39, 0.29) is 17.6 Å². The molecule has 0 radical (unpaired) electrons. The van der Waals surface area contributed by atoms with Crippen LogP contribution in [0, 0.1) is 0 Å². The molecule has 0 aromatic carbocycles. The van der Waals surface area contributed by atoms with Crippen LogP contribution in [0.1, 0.15) is 26.7 Å². The van der Waals surface area contributed by atoms with Gasteiger partial charge in [-0.3, -0.25) is 4.79 Å². The molecule has 1 atom stereocenters. The van der Waals surface area contributed by atoms with Gasteiger partial charge < -0.3 is 9.84 Å². The molecule has 0 aromatic rings. The van der Waals surface area contributed by atoms with E-state index in [9.17, 15) is 9.59 Å². The number of hydrogen-bond donors (Lipinski definition) is 1. The number of rotatable bonds is 2. The van der Waals surface area contributed by atoms with Crippen molar-refractivity contribution >= 4 is 11.9 Å². The van der Waals surface area contributed by atoms with Crippen LogP contribution >= 0.6 is 0 Å². The van der Waals surface area contributed by atoms with Crippen LogP contribution < -0.4 is 0 Å². The Morgan fingerprint density at radius 3 is 2.54 bits per heavy atom.